The second-order valence-corrected chi connectivity index (χ2v) is 8.66. The summed E-state index contributed by atoms with van der Waals surface area (Å²) < 4.78 is 38.5. The van der Waals surface area contributed by atoms with E-state index < -0.39 is 15.9 Å². The van der Waals surface area contributed by atoms with E-state index >= 15 is 0 Å². The summed E-state index contributed by atoms with van der Waals surface area (Å²) >= 11 is 12.0. The predicted octanol–water partition coefficient (Wildman–Crippen LogP) is 5.06. The van der Waals surface area contributed by atoms with Crippen LogP contribution in [0.15, 0.2) is 65.6 Å². The van der Waals surface area contributed by atoms with Crippen LogP contribution < -0.4 is 19.5 Å². The summed E-state index contributed by atoms with van der Waals surface area (Å²) in [6, 6.07) is 15.3. The van der Waals surface area contributed by atoms with Crippen molar-refractivity contribution in [2.24, 2.45) is 0 Å². The summed E-state index contributed by atoms with van der Waals surface area (Å²) in [6.45, 7) is 0. The fourth-order valence-corrected chi connectivity index (χ4v) is 4.60. The van der Waals surface area contributed by atoms with Gasteiger partial charge in [0.2, 0.25) is 0 Å². The number of carbonyl (C=O) groups is 1. The number of ether oxygens (including phenoxy) is 2. The van der Waals surface area contributed by atoms with E-state index in [1.54, 1.807) is 30.3 Å². The molecule has 0 radical (unpaired) electrons. The van der Waals surface area contributed by atoms with Gasteiger partial charge in [-0.3, -0.25) is 9.52 Å². The Labute approximate surface area is 189 Å². The van der Waals surface area contributed by atoms with Gasteiger partial charge in [0.05, 0.1) is 41.2 Å². The van der Waals surface area contributed by atoms with Crippen LogP contribution in [0.3, 0.4) is 0 Å². The van der Waals surface area contributed by atoms with Gasteiger partial charge in [-0.2, -0.15) is 0 Å². The molecule has 0 atom stereocenters. The van der Waals surface area contributed by atoms with Gasteiger partial charge in [-0.1, -0.05) is 41.4 Å². The topological polar surface area (TPSA) is 93.7 Å². The standard InChI is InChI=1S/C21H18Cl2N2O5S/c1-29-13-10-11-17(18(12-13)30-2)24-21(26)14-6-3-4-8-16(14)25-31(27,28)19-9-5-7-15(22)20(19)23/h3-12,25H,1-2H3,(H,24,26). The molecule has 0 spiro atoms. The Morgan fingerprint density at radius 3 is 2.35 bits per heavy atom. The number of para-hydroxylation sites is 1. The van der Waals surface area contributed by atoms with Gasteiger partial charge in [0.25, 0.3) is 15.9 Å². The van der Waals surface area contributed by atoms with E-state index in [4.69, 9.17) is 32.7 Å². The van der Waals surface area contributed by atoms with Gasteiger partial charge in [-0.05, 0) is 36.4 Å². The van der Waals surface area contributed by atoms with E-state index in [1.807, 2.05) is 0 Å². The third-order valence-corrected chi connectivity index (χ3v) is 6.62. The van der Waals surface area contributed by atoms with Crippen molar-refractivity contribution in [3.8, 4) is 11.5 Å². The Balaban J connectivity index is 1.92. The van der Waals surface area contributed by atoms with Crippen LogP contribution in [-0.4, -0.2) is 28.5 Å². The highest BCUT2D eigenvalue weighted by molar-refractivity contribution is 7.92. The Bertz CT molecular complexity index is 1230. The largest absolute Gasteiger partial charge is 0.497 e. The second kappa shape index (κ2) is 9.47. The van der Waals surface area contributed by atoms with E-state index in [1.165, 1.54) is 44.6 Å². The zero-order valence-electron chi connectivity index (χ0n) is 16.5. The first kappa shape index (κ1) is 22.7. The van der Waals surface area contributed by atoms with Crippen molar-refractivity contribution in [1.82, 2.24) is 0 Å². The molecule has 7 nitrogen and oxygen atoms in total. The Hall–Kier alpha value is -2.94. The van der Waals surface area contributed by atoms with Gasteiger partial charge >= 0.3 is 0 Å². The van der Waals surface area contributed by atoms with Crippen molar-refractivity contribution in [3.05, 3.63) is 76.3 Å². The van der Waals surface area contributed by atoms with Crippen molar-refractivity contribution in [3.63, 3.8) is 0 Å². The molecule has 0 saturated heterocycles. The van der Waals surface area contributed by atoms with Gasteiger partial charge in [-0.15, -0.1) is 0 Å². The number of benzene rings is 3. The molecule has 0 heterocycles. The molecule has 0 aliphatic carbocycles. The molecule has 0 unspecified atom stereocenters. The monoisotopic (exact) mass is 480 g/mol. The number of amides is 1. The average Bonchev–Trinajstić information content (AvgIpc) is 2.75. The normalized spacial score (nSPS) is 11.0. The maximum absolute atomic E-state index is 12.9. The molecule has 0 saturated carbocycles. The molecule has 0 aromatic heterocycles. The highest BCUT2D eigenvalue weighted by Crippen LogP contribution is 2.32. The molecule has 0 fully saturated rings. The zero-order chi connectivity index (χ0) is 22.6. The molecule has 3 rings (SSSR count). The minimum atomic E-state index is -4.10. The number of anilines is 2. The average molecular weight is 481 g/mol. The third kappa shape index (κ3) is 5.04. The van der Waals surface area contributed by atoms with E-state index in [9.17, 15) is 13.2 Å². The summed E-state index contributed by atoms with van der Waals surface area (Å²) in [6.07, 6.45) is 0. The van der Waals surface area contributed by atoms with Gasteiger partial charge in [0.1, 0.15) is 16.4 Å². The quantitative estimate of drug-likeness (QED) is 0.492. The van der Waals surface area contributed by atoms with Crippen molar-refractivity contribution in [2.45, 2.75) is 4.90 Å². The molecule has 162 valence electrons. The SMILES string of the molecule is COc1ccc(NC(=O)c2ccccc2NS(=O)(=O)c2cccc(Cl)c2Cl)c(OC)c1. The summed E-state index contributed by atoms with van der Waals surface area (Å²) in [5.74, 6) is 0.400. The molecule has 10 heteroatoms. The molecule has 0 bridgehead atoms. The summed E-state index contributed by atoms with van der Waals surface area (Å²) in [5, 5.41) is 2.70. The molecule has 3 aromatic carbocycles. The van der Waals surface area contributed by atoms with Gasteiger partial charge < -0.3 is 14.8 Å². The number of carbonyl (C=O) groups excluding carboxylic acids is 1. The number of halogens is 2. The Morgan fingerprint density at radius 1 is 0.903 bits per heavy atom. The minimum Gasteiger partial charge on any atom is -0.497 e. The fourth-order valence-electron chi connectivity index (χ4n) is 2.75. The van der Waals surface area contributed by atoms with E-state index in [2.05, 4.69) is 10.0 Å². The predicted molar refractivity (Wildman–Crippen MR) is 121 cm³/mol. The molecule has 0 aliphatic rings. The maximum atomic E-state index is 12.9. The van der Waals surface area contributed by atoms with Gasteiger partial charge in [-0.25, -0.2) is 8.42 Å². The van der Waals surface area contributed by atoms with Crippen LogP contribution in [-0.2, 0) is 10.0 Å². The highest BCUT2D eigenvalue weighted by atomic mass is 35.5. The van der Waals surface area contributed by atoms with Crippen molar-refractivity contribution >= 4 is 50.5 Å². The summed E-state index contributed by atoms with van der Waals surface area (Å²) in [7, 11) is -1.13. The lowest BCUT2D eigenvalue weighted by Crippen LogP contribution is -2.19. The Kier molecular flexibility index (Phi) is 6.94. The first-order chi connectivity index (χ1) is 14.8. The second-order valence-electron chi connectivity index (χ2n) is 6.22. The van der Waals surface area contributed by atoms with E-state index in [-0.39, 0.29) is 26.2 Å². The molecule has 2 N–H and O–H groups in total. The molecular formula is C21H18Cl2N2O5S. The summed E-state index contributed by atoms with van der Waals surface area (Å²) in [4.78, 5) is 12.7. The lowest BCUT2D eigenvalue weighted by atomic mass is 10.1. The summed E-state index contributed by atoms with van der Waals surface area (Å²) in [5.41, 5.74) is 0.564. The minimum absolute atomic E-state index is 0.0727. The van der Waals surface area contributed by atoms with Crippen LogP contribution in [0, 0.1) is 0 Å². The van der Waals surface area contributed by atoms with Crippen molar-refractivity contribution in [2.75, 3.05) is 24.3 Å². The maximum Gasteiger partial charge on any atom is 0.263 e. The van der Waals surface area contributed by atoms with Gasteiger partial charge in [0, 0.05) is 6.07 Å². The smallest absolute Gasteiger partial charge is 0.263 e. The first-order valence-corrected chi connectivity index (χ1v) is 11.1. The van der Waals surface area contributed by atoms with Crippen LogP contribution in [0.1, 0.15) is 10.4 Å². The number of rotatable bonds is 7. The third-order valence-electron chi connectivity index (χ3n) is 4.28. The molecule has 3 aromatic rings. The number of nitrogens with one attached hydrogen (secondary N) is 2. The van der Waals surface area contributed by atoms with Crippen molar-refractivity contribution < 1.29 is 22.7 Å². The first-order valence-electron chi connectivity index (χ1n) is 8.86. The molecule has 31 heavy (non-hydrogen) atoms. The van der Waals surface area contributed by atoms with Gasteiger partial charge in [0.15, 0.2) is 0 Å². The number of sulfonamides is 1. The molecule has 1 amide bonds. The van der Waals surface area contributed by atoms with Crippen LogP contribution in [0.2, 0.25) is 10.0 Å². The fraction of sp³-hybridized carbons (Fsp3) is 0.0952. The lowest BCUT2D eigenvalue weighted by Gasteiger charge is -2.15. The van der Waals surface area contributed by atoms with Crippen LogP contribution in [0.5, 0.6) is 11.5 Å². The Morgan fingerprint density at radius 2 is 1.65 bits per heavy atom. The highest BCUT2D eigenvalue weighted by Gasteiger charge is 2.22. The number of methoxy groups -OCH3 is 2. The van der Waals surface area contributed by atoms with E-state index in [0.717, 1.165) is 0 Å². The van der Waals surface area contributed by atoms with Crippen molar-refractivity contribution in [1.29, 1.82) is 0 Å². The molecular weight excluding hydrogens is 463 g/mol. The van der Waals surface area contributed by atoms with E-state index in [0.29, 0.717) is 17.2 Å². The lowest BCUT2D eigenvalue weighted by molar-refractivity contribution is 0.102. The number of hydrogen-bond acceptors (Lipinski definition) is 5. The van der Waals surface area contributed by atoms with Crippen LogP contribution >= 0.6 is 23.2 Å². The van der Waals surface area contributed by atoms with Crippen LogP contribution in [0.4, 0.5) is 11.4 Å². The zero-order valence-corrected chi connectivity index (χ0v) is 18.8. The molecule has 0 aliphatic heterocycles. The van der Waals surface area contributed by atoms with Crippen LogP contribution in [0.25, 0.3) is 0 Å². The number of hydrogen-bond donors (Lipinski definition) is 2.